The molecule has 0 aromatic carbocycles. The Kier molecular flexibility index (Phi) is 3.27. The van der Waals surface area contributed by atoms with Crippen molar-refractivity contribution in [1.29, 1.82) is 0 Å². The molecule has 3 heterocycles. The van der Waals surface area contributed by atoms with Crippen LogP contribution in [-0.2, 0) is 0 Å². The molecule has 1 aliphatic rings. The number of hydrogen-bond donors (Lipinski definition) is 3. The highest BCUT2D eigenvalue weighted by molar-refractivity contribution is 5.55. The number of anilines is 1. The topological polar surface area (TPSA) is 104 Å². The standard InChI is InChI=1S/C13H18N6O/c1-8-6-11(20)10(7-15-8)12-16-13(18-17-12)19-4-2-9(14)3-5-19/h6-7,9H,2-5,14H2,1H3,(H,15,20)(H,16,17,18). The van der Waals surface area contributed by atoms with Crippen LogP contribution < -0.4 is 16.1 Å². The molecule has 0 saturated carbocycles. The molecule has 0 radical (unpaired) electrons. The summed E-state index contributed by atoms with van der Waals surface area (Å²) in [5.41, 5.74) is 7.14. The largest absolute Gasteiger partial charge is 0.364 e. The minimum atomic E-state index is -0.0652. The molecule has 0 spiro atoms. The lowest BCUT2D eigenvalue weighted by molar-refractivity contribution is 0.496. The fourth-order valence-electron chi connectivity index (χ4n) is 2.37. The number of pyridine rings is 1. The summed E-state index contributed by atoms with van der Waals surface area (Å²) in [6.45, 7) is 3.54. The van der Waals surface area contributed by atoms with Crippen LogP contribution in [-0.4, -0.2) is 39.3 Å². The first kappa shape index (κ1) is 12.9. The van der Waals surface area contributed by atoms with Crippen LogP contribution >= 0.6 is 0 Å². The molecular weight excluding hydrogens is 256 g/mol. The van der Waals surface area contributed by atoms with Gasteiger partial charge in [-0.05, 0) is 19.8 Å². The maximum absolute atomic E-state index is 11.9. The number of aromatic amines is 2. The van der Waals surface area contributed by atoms with Crippen LogP contribution in [0.2, 0.25) is 0 Å². The molecule has 7 nitrogen and oxygen atoms in total. The Labute approximate surface area is 116 Å². The highest BCUT2D eigenvalue weighted by Gasteiger charge is 2.20. The van der Waals surface area contributed by atoms with Crippen LogP contribution in [0, 0.1) is 6.92 Å². The minimum Gasteiger partial charge on any atom is -0.364 e. The van der Waals surface area contributed by atoms with E-state index in [1.807, 2.05) is 6.92 Å². The second-order valence-electron chi connectivity index (χ2n) is 5.20. The van der Waals surface area contributed by atoms with Crippen molar-refractivity contribution >= 4 is 5.95 Å². The number of aryl methyl sites for hydroxylation is 1. The van der Waals surface area contributed by atoms with Gasteiger partial charge < -0.3 is 15.6 Å². The predicted octanol–water partition coefficient (Wildman–Crippen LogP) is 0.396. The number of rotatable bonds is 2. The molecule has 0 atom stereocenters. The van der Waals surface area contributed by atoms with Crippen molar-refractivity contribution < 1.29 is 0 Å². The zero-order valence-electron chi connectivity index (χ0n) is 11.4. The molecule has 1 saturated heterocycles. The van der Waals surface area contributed by atoms with Gasteiger partial charge in [0.2, 0.25) is 5.95 Å². The molecule has 4 N–H and O–H groups in total. The lowest BCUT2D eigenvalue weighted by atomic mass is 10.1. The first-order chi connectivity index (χ1) is 9.63. The van der Waals surface area contributed by atoms with E-state index in [1.165, 1.54) is 0 Å². The van der Waals surface area contributed by atoms with E-state index in [9.17, 15) is 4.79 Å². The van der Waals surface area contributed by atoms with Crippen molar-refractivity contribution in [2.45, 2.75) is 25.8 Å². The quantitative estimate of drug-likeness (QED) is 0.735. The summed E-state index contributed by atoms with van der Waals surface area (Å²) in [4.78, 5) is 21.5. The smallest absolute Gasteiger partial charge is 0.245 e. The van der Waals surface area contributed by atoms with Gasteiger partial charge in [-0.2, -0.15) is 4.98 Å². The van der Waals surface area contributed by atoms with E-state index in [0.29, 0.717) is 17.3 Å². The Morgan fingerprint density at radius 3 is 2.85 bits per heavy atom. The minimum absolute atomic E-state index is 0.0652. The first-order valence-electron chi connectivity index (χ1n) is 6.76. The van der Waals surface area contributed by atoms with E-state index >= 15 is 0 Å². The van der Waals surface area contributed by atoms with Crippen LogP contribution in [0.1, 0.15) is 18.5 Å². The fraction of sp³-hybridized carbons (Fsp3) is 0.462. The number of nitrogens with zero attached hydrogens (tertiary/aromatic N) is 3. The molecule has 106 valence electrons. The van der Waals surface area contributed by atoms with Crippen molar-refractivity contribution in [3.8, 4) is 11.4 Å². The third kappa shape index (κ3) is 2.44. The van der Waals surface area contributed by atoms with Gasteiger partial charge in [-0.3, -0.25) is 9.89 Å². The van der Waals surface area contributed by atoms with Crippen molar-refractivity contribution in [1.82, 2.24) is 20.2 Å². The van der Waals surface area contributed by atoms with E-state index in [-0.39, 0.29) is 11.5 Å². The third-order valence-corrected chi connectivity index (χ3v) is 3.61. The SMILES string of the molecule is Cc1cc(=O)c(-c2nc(N3CCC(N)CC3)n[nH]2)c[nH]1. The van der Waals surface area contributed by atoms with Gasteiger partial charge in [0, 0.05) is 37.1 Å². The maximum atomic E-state index is 11.9. The van der Waals surface area contributed by atoms with Crippen LogP contribution in [0.15, 0.2) is 17.1 Å². The average molecular weight is 274 g/mol. The summed E-state index contributed by atoms with van der Waals surface area (Å²) in [6.07, 6.45) is 3.54. The number of H-pyrrole nitrogens is 2. The van der Waals surface area contributed by atoms with Crippen molar-refractivity contribution in [3.63, 3.8) is 0 Å². The van der Waals surface area contributed by atoms with E-state index in [2.05, 4.69) is 25.1 Å². The van der Waals surface area contributed by atoms with E-state index in [4.69, 9.17) is 5.73 Å². The van der Waals surface area contributed by atoms with Crippen molar-refractivity contribution in [3.05, 3.63) is 28.2 Å². The van der Waals surface area contributed by atoms with Gasteiger partial charge in [0.1, 0.15) is 0 Å². The zero-order chi connectivity index (χ0) is 14.1. The molecule has 0 unspecified atom stereocenters. The van der Waals surface area contributed by atoms with Crippen LogP contribution in [0.3, 0.4) is 0 Å². The zero-order valence-corrected chi connectivity index (χ0v) is 11.4. The molecule has 1 aliphatic heterocycles. The monoisotopic (exact) mass is 274 g/mol. The van der Waals surface area contributed by atoms with Gasteiger partial charge in [0.15, 0.2) is 11.3 Å². The summed E-state index contributed by atoms with van der Waals surface area (Å²) in [7, 11) is 0. The Hall–Kier alpha value is -2.15. The number of hydrogen-bond acceptors (Lipinski definition) is 5. The summed E-state index contributed by atoms with van der Waals surface area (Å²) >= 11 is 0. The lowest BCUT2D eigenvalue weighted by Gasteiger charge is -2.28. The van der Waals surface area contributed by atoms with Crippen LogP contribution in [0.25, 0.3) is 11.4 Å². The van der Waals surface area contributed by atoms with Gasteiger partial charge in [-0.1, -0.05) is 0 Å². The van der Waals surface area contributed by atoms with Gasteiger partial charge in [0.25, 0.3) is 0 Å². The highest BCUT2D eigenvalue weighted by Crippen LogP contribution is 2.17. The van der Waals surface area contributed by atoms with Crippen LogP contribution in [0.4, 0.5) is 5.95 Å². The second-order valence-corrected chi connectivity index (χ2v) is 5.20. The van der Waals surface area contributed by atoms with Gasteiger partial charge in [-0.25, -0.2) is 0 Å². The van der Waals surface area contributed by atoms with Gasteiger partial charge >= 0.3 is 0 Å². The van der Waals surface area contributed by atoms with Crippen LogP contribution in [0.5, 0.6) is 0 Å². The Balaban J connectivity index is 1.85. The van der Waals surface area contributed by atoms with E-state index in [1.54, 1.807) is 12.3 Å². The molecular formula is C13H18N6O. The molecule has 2 aromatic rings. The Morgan fingerprint density at radius 2 is 2.15 bits per heavy atom. The van der Waals surface area contributed by atoms with Gasteiger partial charge in [-0.15, -0.1) is 5.10 Å². The molecule has 3 rings (SSSR count). The predicted molar refractivity (Wildman–Crippen MR) is 76.6 cm³/mol. The summed E-state index contributed by atoms with van der Waals surface area (Å²) in [5.74, 6) is 1.13. The van der Waals surface area contributed by atoms with Crippen molar-refractivity contribution in [2.24, 2.45) is 5.73 Å². The Morgan fingerprint density at radius 1 is 1.40 bits per heavy atom. The second kappa shape index (κ2) is 5.09. The number of nitrogens with two attached hydrogens (primary N) is 1. The summed E-state index contributed by atoms with van der Waals surface area (Å²) in [6, 6.07) is 1.82. The lowest BCUT2D eigenvalue weighted by Crippen LogP contribution is -2.40. The number of piperidine rings is 1. The first-order valence-corrected chi connectivity index (χ1v) is 6.76. The van der Waals surface area contributed by atoms with E-state index < -0.39 is 0 Å². The molecule has 7 heteroatoms. The molecule has 0 bridgehead atoms. The third-order valence-electron chi connectivity index (χ3n) is 3.61. The molecule has 1 fully saturated rings. The maximum Gasteiger partial charge on any atom is 0.245 e. The number of aromatic nitrogens is 4. The molecule has 20 heavy (non-hydrogen) atoms. The van der Waals surface area contributed by atoms with Crippen molar-refractivity contribution in [2.75, 3.05) is 18.0 Å². The fourth-order valence-corrected chi connectivity index (χ4v) is 2.37. The molecule has 0 aliphatic carbocycles. The number of nitrogens with one attached hydrogen (secondary N) is 2. The Bertz CT molecular complexity index is 653. The normalized spacial score (nSPS) is 16.6. The molecule has 0 amide bonds. The average Bonchev–Trinajstić information content (AvgIpc) is 2.89. The van der Waals surface area contributed by atoms with Gasteiger partial charge in [0.05, 0.1) is 5.56 Å². The molecule has 2 aromatic heterocycles. The van der Waals surface area contributed by atoms with E-state index in [0.717, 1.165) is 31.6 Å². The highest BCUT2D eigenvalue weighted by atomic mass is 16.1. The summed E-state index contributed by atoms with van der Waals surface area (Å²) < 4.78 is 0. The summed E-state index contributed by atoms with van der Waals surface area (Å²) in [5, 5.41) is 7.04.